The Bertz CT molecular complexity index is 562. The molecule has 1 aliphatic carbocycles. The second-order valence-corrected chi connectivity index (χ2v) is 6.44. The monoisotopic (exact) mass is 291 g/mol. The topological polar surface area (TPSA) is 75.4 Å². The zero-order valence-corrected chi connectivity index (χ0v) is 12.3. The van der Waals surface area contributed by atoms with Gasteiger partial charge in [-0.1, -0.05) is 12.8 Å². The van der Waals surface area contributed by atoms with Crippen LogP contribution in [0.2, 0.25) is 0 Å². The number of hydrogen-bond acceptors (Lipinski definition) is 3. The first-order chi connectivity index (χ1) is 10.0. The number of carboxylic acid groups (broad SMARTS) is 1. The molecule has 2 aliphatic rings. The van der Waals surface area contributed by atoms with Gasteiger partial charge in [-0.3, -0.25) is 14.3 Å². The van der Waals surface area contributed by atoms with Crippen molar-refractivity contribution >= 4 is 11.9 Å². The Morgan fingerprint density at radius 3 is 2.71 bits per heavy atom. The van der Waals surface area contributed by atoms with Crippen molar-refractivity contribution in [1.82, 2.24) is 14.7 Å². The molecule has 1 aromatic heterocycles. The Hall–Kier alpha value is -1.85. The zero-order chi connectivity index (χ0) is 15.0. The molecule has 1 saturated heterocycles. The fourth-order valence-corrected chi connectivity index (χ4v) is 3.39. The summed E-state index contributed by atoms with van der Waals surface area (Å²) in [5.41, 5.74) is -0.232. The summed E-state index contributed by atoms with van der Waals surface area (Å²) >= 11 is 0. The van der Waals surface area contributed by atoms with Crippen LogP contribution in [0.1, 0.15) is 55.6 Å². The summed E-state index contributed by atoms with van der Waals surface area (Å²) in [6.07, 6.45) is 6.66. The van der Waals surface area contributed by atoms with Crippen LogP contribution in [0.3, 0.4) is 0 Å². The van der Waals surface area contributed by atoms with E-state index in [0.29, 0.717) is 24.7 Å². The third-order valence-electron chi connectivity index (χ3n) is 4.84. The van der Waals surface area contributed by atoms with Gasteiger partial charge >= 0.3 is 5.97 Å². The van der Waals surface area contributed by atoms with Crippen molar-refractivity contribution in [2.24, 2.45) is 5.41 Å². The minimum atomic E-state index is -0.831. The van der Waals surface area contributed by atoms with Crippen LogP contribution in [-0.2, 0) is 4.79 Å². The number of carboxylic acids is 1. The van der Waals surface area contributed by atoms with Crippen LogP contribution >= 0.6 is 0 Å². The van der Waals surface area contributed by atoms with E-state index in [0.717, 1.165) is 12.8 Å². The highest BCUT2D eigenvalue weighted by Gasteiger charge is 2.42. The minimum absolute atomic E-state index is 0.0932. The zero-order valence-electron chi connectivity index (χ0n) is 12.3. The fourth-order valence-electron chi connectivity index (χ4n) is 3.39. The van der Waals surface area contributed by atoms with Crippen LogP contribution in [0.25, 0.3) is 0 Å². The molecule has 0 bridgehead atoms. The van der Waals surface area contributed by atoms with Crippen LogP contribution in [0.4, 0.5) is 0 Å². The van der Waals surface area contributed by atoms with E-state index in [2.05, 4.69) is 5.10 Å². The molecule has 21 heavy (non-hydrogen) atoms. The van der Waals surface area contributed by atoms with Gasteiger partial charge in [0.05, 0.1) is 11.5 Å². The maximum Gasteiger partial charge on any atom is 0.311 e. The van der Waals surface area contributed by atoms with Gasteiger partial charge in [-0.05, 0) is 32.3 Å². The summed E-state index contributed by atoms with van der Waals surface area (Å²) in [4.78, 5) is 25.6. The van der Waals surface area contributed by atoms with Crippen LogP contribution in [-0.4, -0.2) is 44.8 Å². The second kappa shape index (κ2) is 5.16. The standard InChI is InChI=1S/C15H21N3O3/c1-15(14(20)21)7-9-17(10-15)13(19)12-6-8-16-18(12)11-4-2-3-5-11/h6,8,11H,2-5,7,9-10H2,1H3,(H,20,21). The van der Waals surface area contributed by atoms with Crippen molar-refractivity contribution in [3.63, 3.8) is 0 Å². The summed E-state index contributed by atoms with van der Waals surface area (Å²) in [5, 5.41) is 13.6. The van der Waals surface area contributed by atoms with Crippen LogP contribution in [0, 0.1) is 5.41 Å². The number of amides is 1. The lowest BCUT2D eigenvalue weighted by atomic mass is 9.90. The van der Waals surface area contributed by atoms with E-state index in [1.807, 2.05) is 4.68 Å². The van der Waals surface area contributed by atoms with Gasteiger partial charge in [0.1, 0.15) is 5.69 Å². The summed E-state index contributed by atoms with van der Waals surface area (Å²) < 4.78 is 1.84. The quantitative estimate of drug-likeness (QED) is 0.923. The highest BCUT2D eigenvalue weighted by atomic mass is 16.4. The first-order valence-electron chi connectivity index (χ1n) is 7.57. The lowest BCUT2D eigenvalue weighted by Crippen LogP contribution is -2.36. The maximum absolute atomic E-state index is 12.7. The van der Waals surface area contributed by atoms with Gasteiger partial charge in [-0.15, -0.1) is 0 Å². The predicted molar refractivity (Wildman–Crippen MR) is 76.0 cm³/mol. The predicted octanol–water partition coefficient (Wildman–Crippen LogP) is 1.93. The van der Waals surface area contributed by atoms with Crippen LogP contribution in [0.5, 0.6) is 0 Å². The third-order valence-corrected chi connectivity index (χ3v) is 4.84. The number of rotatable bonds is 3. The van der Waals surface area contributed by atoms with Gasteiger partial charge < -0.3 is 10.0 Å². The molecule has 1 amide bonds. The highest BCUT2D eigenvalue weighted by Crippen LogP contribution is 2.33. The van der Waals surface area contributed by atoms with Crippen molar-refractivity contribution in [1.29, 1.82) is 0 Å². The lowest BCUT2D eigenvalue weighted by Gasteiger charge is -2.21. The van der Waals surface area contributed by atoms with Crippen LogP contribution in [0.15, 0.2) is 12.3 Å². The number of hydrogen-bond donors (Lipinski definition) is 1. The molecule has 0 spiro atoms. The van der Waals surface area contributed by atoms with Gasteiger partial charge in [-0.2, -0.15) is 5.10 Å². The van der Waals surface area contributed by atoms with Gasteiger partial charge in [0.2, 0.25) is 0 Å². The van der Waals surface area contributed by atoms with Crippen LogP contribution < -0.4 is 0 Å². The molecule has 1 aromatic rings. The molecule has 0 radical (unpaired) electrons. The molecule has 1 aliphatic heterocycles. The summed E-state index contributed by atoms with van der Waals surface area (Å²) in [6.45, 7) is 2.48. The normalized spacial score (nSPS) is 26.4. The van der Waals surface area contributed by atoms with Crippen molar-refractivity contribution < 1.29 is 14.7 Å². The van der Waals surface area contributed by atoms with Crippen molar-refractivity contribution in [2.45, 2.75) is 45.1 Å². The summed E-state index contributed by atoms with van der Waals surface area (Å²) in [5.74, 6) is -0.925. The molecule has 6 nitrogen and oxygen atoms in total. The minimum Gasteiger partial charge on any atom is -0.481 e. The summed E-state index contributed by atoms with van der Waals surface area (Å²) in [7, 11) is 0. The number of carbonyl (C=O) groups excluding carboxylic acids is 1. The molecule has 2 fully saturated rings. The Kier molecular flexibility index (Phi) is 3.47. The fraction of sp³-hybridized carbons (Fsp3) is 0.667. The Morgan fingerprint density at radius 1 is 1.38 bits per heavy atom. The number of nitrogens with zero attached hydrogens (tertiary/aromatic N) is 3. The van der Waals surface area contributed by atoms with E-state index in [1.165, 1.54) is 12.8 Å². The highest BCUT2D eigenvalue weighted by molar-refractivity contribution is 5.93. The van der Waals surface area contributed by atoms with E-state index in [9.17, 15) is 14.7 Å². The molecule has 1 unspecified atom stereocenters. The molecular weight excluding hydrogens is 270 g/mol. The summed E-state index contributed by atoms with van der Waals surface area (Å²) in [6, 6.07) is 2.06. The largest absolute Gasteiger partial charge is 0.481 e. The first-order valence-corrected chi connectivity index (χ1v) is 7.57. The van der Waals surface area contributed by atoms with E-state index < -0.39 is 11.4 Å². The number of carbonyl (C=O) groups is 2. The molecule has 1 saturated carbocycles. The molecule has 0 aromatic carbocycles. The van der Waals surface area contributed by atoms with Gasteiger partial charge in [-0.25, -0.2) is 0 Å². The van der Waals surface area contributed by atoms with E-state index in [1.54, 1.807) is 24.1 Å². The molecule has 1 N–H and O–H groups in total. The number of likely N-dealkylation sites (tertiary alicyclic amines) is 1. The van der Waals surface area contributed by atoms with Crippen molar-refractivity contribution in [3.05, 3.63) is 18.0 Å². The van der Waals surface area contributed by atoms with E-state index in [-0.39, 0.29) is 12.5 Å². The first kappa shape index (κ1) is 14.1. The van der Waals surface area contributed by atoms with Crippen molar-refractivity contribution in [3.8, 4) is 0 Å². The Labute approximate surface area is 123 Å². The Morgan fingerprint density at radius 2 is 2.10 bits per heavy atom. The average molecular weight is 291 g/mol. The molecule has 3 rings (SSSR count). The molecule has 2 heterocycles. The number of aliphatic carboxylic acids is 1. The van der Waals surface area contributed by atoms with E-state index in [4.69, 9.17) is 0 Å². The molecule has 1 atom stereocenters. The smallest absolute Gasteiger partial charge is 0.311 e. The molecule has 114 valence electrons. The van der Waals surface area contributed by atoms with Crippen molar-refractivity contribution in [2.75, 3.05) is 13.1 Å². The molecule has 6 heteroatoms. The molecular formula is C15H21N3O3. The van der Waals surface area contributed by atoms with Gasteiger partial charge in [0.25, 0.3) is 5.91 Å². The number of aromatic nitrogens is 2. The maximum atomic E-state index is 12.7. The third kappa shape index (κ3) is 2.43. The van der Waals surface area contributed by atoms with Gasteiger partial charge in [0, 0.05) is 19.3 Å². The van der Waals surface area contributed by atoms with E-state index >= 15 is 0 Å². The second-order valence-electron chi connectivity index (χ2n) is 6.44. The lowest BCUT2D eigenvalue weighted by molar-refractivity contribution is -0.147. The van der Waals surface area contributed by atoms with Gasteiger partial charge in [0.15, 0.2) is 0 Å². The average Bonchev–Trinajstić information content (AvgIpc) is 3.18. The Balaban J connectivity index is 1.78. The SMILES string of the molecule is CC1(C(=O)O)CCN(C(=O)c2ccnn2C2CCCC2)C1.